The molecule has 0 atom stereocenters. The summed E-state index contributed by atoms with van der Waals surface area (Å²) in [7, 11) is 0. The molecule has 0 amide bonds. The van der Waals surface area contributed by atoms with Gasteiger partial charge < -0.3 is 5.11 Å². The highest BCUT2D eigenvalue weighted by molar-refractivity contribution is 9.10. The average molecular weight is 231 g/mol. The SMILES string of the molecule is OCC1(Cc2[nH]ncc2Br)CC1. The summed E-state index contributed by atoms with van der Waals surface area (Å²) >= 11 is 3.40. The third kappa shape index (κ3) is 1.41. The molecule has 0 spiro atoms. The Morgan fingerprint density at radius 3 is 2.83 bits per heavy atom. The number of rotatable bonds is 3. The molecule has 1 aliphatic rings. The van der Waals surface area contributed by atoms with Gasteiger partial charge in [0.05, 0.1) is 16.4 Å². The first-order valence-corrected chi connectivity index (χ1v) is 4.84. The summed E-state index contributed by atoms with van der Waals surface area (Å²) in [6, 6.07) is 0. The van der Waals surface area contributed by atoms with Crippen LogP contribution in [0, 0.1) is 5.41 Å². The van der Waals surface area contributed by atoms with Crippen molar-refractivity contribution >= 4 is 15.9 Å². The fourth-order valence-corrected chi connectivity index (χ4v) is 1.70. The van der Waals surface area contributed by atoms with Crippen molar-refractivity contribution in [2.45, 2.75) is 19.3 Å². The third-order valence-corrected chi connectivity index (χ3v) is 3.19. The lowest BCUT2D eigenvalue weighted by atomic mass is 10.0. The van der Waals surface area contributed by atoms with Crippen molar-refractivity contribution in [1.82, 2.24) is 10.2 Å². The molecule has 1 aromatic heterocycles. The van der Waals surface area contributed by atoms with Crippen molar-refractivity contribution in [3.63, 3.8) is 0 Å². The van der Waals surface area contributed by atoms with Crippen LogP contribution in [0.2, 0.25) is 0 Å². The van der Waals surface area contributed by atoms with E-state index < -0.39 is 0 Å². The minimum Gasteiger partial charge on any atom is -0.396 e. The molecule has 1 saturated carbocycles. The van der Waals surface area contributed by atoms with Crippen molar-refractivity contribution < 1.29 is 5.11 Å². The summed E-state index contributed by atoms with van der Waals surface area (Å²) in [5, 5.41) is 15.9. The number of nitrogens with zero attached hydrogens (tertiary/aromatic N) is 1. The minimum absolute atomic E-state index is 0.162. The number of halogens is 1. The molecule has 2 N–H and O–H groups in total. The van der Waals surface area contributed by atoms with Crippen LogP contribution in [0.1, 0.15) is 18.5 Å². The predicted molar refractivity (Wildman–Crippen MR) is 48.7 cm³/mol. The number of aromatic nitrogens is 2. The van der Waals surface area contributed by atoms with Crippen LogP contribution in [0.3, 0.4) is 0 Å². The largest absolute Gasteiger partial charge is 0.396 e. The van der Waals surface area contributed by atoms with Crippen LogP contribution in [0.5, 0.6) is 0 Å². The molecule has 1 aliphatic carbocycles. The highest BCUT2D eigenvalue weighted by Gasteiger charge is 2.42. The Morgan fingerprint density at radius 1 is 1.67 bits per heavy atom. The maximum atomic E-state index is 9.10. The Balaban J connectivity index is 2.08. The Kier molecular flexibility index (Phi) is 1.96. The summed E-state index contributed by atoms with van der Waals surface area (Å²) in [4.78, 5) is 0. The second-order valence-electron chi connectivity index (χ2n) is 3.53. The molecule has 12 heavy (non-hydrogen) atoms. The zero-order valence-corrected chi connectivity index (χ0v) is 8.26. The maximum absolute atomic E-state index is 9.10. The lowest BCUT2D eigenvalue weighted by Gasteiger charge is -2.09. The van der Waals surface area contributed by atoms with Gasteiger partial charge in [-0.1, -0.05) is 0 Å². The molecule has 0 radical (unpaired) electrons. The Labute approximate surface area is 79.3 Å². The first kappa shape index (κ1) is 8.26. The van der Waals surface area contributed by atoms with E-state index in [0.717, 1.165) is 29.4 Å². The van der Waals surface area contributed by atoms with Crippen molar-refractivity contribution in [3.8, 4) is 0 Å². The first-order valence-electron chi connectivity index (χ1n) is 4.04. The van der Waals surface area contributed by atoms with E-state index in [9.17, 15) is 0 Å². The standard InChI is InChI=1S/C8H11BrN2O/c9-6-4-10-11-7(6)3-8(5-12)1-2-8/h4,12H,1-3,5H2,(H,10,11). The molecule has 66 valence electrons. The van der Waals surface area contributed by atoms with Crippen LogP contribution in [0.4, 0.5) is 0 Å². The lowest BCUT2D eigenvalue weighted by molar-refractivity contribution is 0.210. The molecule has 3 nitrogen and oxygen atoms in total. The number of aliphatic hydroxyl groups excluding tert-OH is 1. The molecule has 1 fully saturated rings. The van der Waals surface area contributed by atoms with E-state index in [1.165, 1.54) is 0 Å². The molecule has 0 saturated heterocycles. The lowest BCUT2D eigenvalue weighted by Crippen LogP contribution is -2.10. The van der Waals surface area contributed by atoms with Gasteiger partial charge in [0, 0.05) is 6.61 Å². The molecule has 0 unspecified atom stereocenters. The van der Waals surface area contributed by atoms with Crippen LogP contribution in [-0.2, 0) is 6.42 Å². The fourth-order valence-electron chi connectivity index (χ4n) is 1.36. The van der Waals surface area contributed by atoms with Crippen LogP contribution in [0.25, 0.3) is 0 Å². The molecule has 4 heteroatoms. The monoisotopic (exact) mass is 230 g/mol. The summed E-state index contributed by atoms with van der Waals surface area (Å²) in [5.74, 6) is 0. The predicted octanol–water partition coefficient (Wildman–Crippen LogP) is 1.49. The van der Waals surface area contributed by atoms with Crippen molar-refractivity contribution in [2.24, 2.45) is 5.41 Å². The van der Waals surface area contributed by atoms with E-state index >= 15 is 0 Å². The van der Waals surface area contributed by atoms with Gasteiger partial charge in [0.25, 0.3) is 0 Å². The fraction of sp³-hybridized carbons (Fsp3) is 0.625. The second-order valence-corrected chi connectivity index (χ2v) is 4.39. The molecular formula is C8H11BrN2O. The highest BCUT2D eigenvalue weighted by Crippen LogP contribution is 2.48. The number of nitrogens with one attached hydrogen (secondary N) is 1. The quantitative estimate of drug-likeness (QED) is 0.827. The van der Waals surface area contributed by atoms with E-state index in [1.807, 2.05) is 0 Å². The van der Waals surface area contributed by atoms with Gasteiger partial charge in [-0.3, -0.25) is 5.10 Å². The van der Waals surface area contributed by atoms with Gasteiger partial charge in [0.1, 0.15) is 0 Å². The molecule has 0 aromatic carbocycles. The van der Waals surface area contributed by atoms with Crippen molar-refractivity contribution in [2.75, 3.05) is 6.61 Å². The smallest absolute Gasteiger partial charge is 0.0632 e. The van der Waals surface area contributed by atoms with Gasteiger partial charge in [0.15, 0.2) is 0 Å². The molecule has 0 aliphatic heterocycles. The Morgan fingerprint density at radius 2 is 2.42 bits per heavy atom. The van der Waals surface area contributed by atoms with Crippen LogP contribution in [0.15, 0.2) is 10.7 Å². The van der Waals surface area contributed by atoms with Crippen molar-refractivity contribution in [3.05, 3.63) is 16.4 Å². The van der Waals surface area contributed by atoms with Gasteiger partial charge in [0.2, 0.25) is 0 Å². The Bertz CT molecular complexity index is 280. The number of aliphatic hydroxyl groups is 1. The van der Waals surface area contributed by atoms with Gasteiger partial charge in [-0.15, -0.1) is 0 Å². The number of H-pyrrole nitrogens is 1. The minimum atomic E-state index is 0.162. The summed E-state index contributed by atoms with van der Waals surface area (Å²) < 4.78 is 1.02. The zero-order valence-electron chi connectivity index (χ0n) is 6.68. The summed E-state index contributed by atoms with van der Waals surface area (Å²) in [6.45, 7) is 0.290. The van der Waals surface area contributed by atoms with E-state index in [1.54, 1.807) is 6.20 Å². The topological polar surface area (TPSA) is 48.9 Å². The molecule has 1 heterocycles. The van der Waals surface area contributed by atoms with E-state index in [2.05, 4.69) is 26.1 Å². The molecule has 1 aromatic rings. The number of hydrogen-bond donors (Lipinski definition) is 2. The average Bonchev–Trinajstić information content (AvgIpc) is 2.74. The van der Waals surface area contributed by atoms with E-state index in [4.69, 9.17) is 5.11 Å². The van der Waals surface area contributed by atoms with E-state index in [-0.39, 0.29) is 5.41 Å². The first-order chi connectivity index (χ1) is 5.76. The van der Waals surface area contributed by atoms with Gasteiger partial charge in [-0.2, -0.15) is 5.10 Å². The van der Waals surface area contributed by atoms with Crippen molar-refractivity contribution in [1.29, 1.82) is 0 Å². The molecule has 0 bridgehead atoms. The zero-order chi connectivity index (χ0) is 8.60. The number of hydrogen-bond acceptors (Lipinski definition) is 2. The summed E-state index contributed by atoms with van der Waals surface area (Å²) in [6.07, 6.45) is 4.93. The van der Waals surface area contributed by atoms with Crippen LogP contribution >= 0.6 is 15.9 Å². The Hall–Kier alpha value is -0.350. The van der Waals surface area contributed by atoms with Crippen LogP contribution < -0.4 is 0 Å². The van der Waals surface area contributed by atoms with Gasteiger partial charge in [-0.05, 0) is 40.6 Å². The molecule has 2 rings (SSSR count). The molecular weight excluding hydrogens is 220 g/mol. The highest BCUT2D eigenvalue weighted by atomic mass is 79.9. The third-order valence-electron chi connectivity index (χ3n) is 2.51. The van der Waals surface area contributed by atoms with Crippen LogP contribution in [-0.4, -0.2) is 21.9 Å². The maximum Gasteiger partial charge on any atom is 0.0632 e. The van der Waals surface area contributed by atoms with E-state index in [0.29, 0.717) is 6.61 Å². The number of aromatic amines is 1. The second kappa shape index (κ2) is 2.85. The summed E-state index contributed by atoms with van der Waals surface area (Å²) in [5.41, 5.74) is 1.26. The van der Waals surface area contributed by atoms with Gasteiger partial charge >= 0.3 is 0 Å². The normalized spacial score (nSPS) is 19.5. The van der Waals surface area contributed by atoms with Gasteiger partial charge in [-0.25, -0.2) is 0 Å².